The van der Waals surface area contributed by atoms with E-state index in [2.05, 4.69) is 10.5 Å². The number of hydrazone groups is 1. The number of nitrogens with zero attached hydrogens (tertiary/aromatic N) is 1. The summed E-state index contributed by atoms with van der Waals surface area (Å²) in [5.74, 6) is -2.62. The average molecular weight is 312 g/mol. The number of ether oxygens (including phenoxy) is 1. The maximum Gasteiger partial charge on any atom is 0.144 e. The molecule has 0 unspecified atom stereocenters. The Labute approximate surface area is 131 Å². The number of aliphatic carboxylic acids is 2. The lowest BCUT2D eigenvalue weighted by molar-refractivity contribution is -0.307. The minimum atomic E-state index is -1.45. The zero-order valence-electron chi connectivity index (χ0n) is 11.9. The summed E-state index contributed by atoms with van der Waals surface area (Å²) < 4.78 is 5.04. The lowest BCUT2D eigenvalue weighted by Gasteiger charge is -2.13. The molecule has 2 aromatic rings. The second kappa shape index (κ2) is 7.60. The van der Waals surface area contributed by atoms with E-state index >= 15 is 0 Å². The molecule has 0 saturated carbocycles. The first-order chi connectivity index (χ1) is 11.1. The van der Waals surface area contributed by atoms with Gasteiger partial charge in [-0.1, -0.05) is 42.5 Å². The quantitative estimate of drug-likeness (QED) is 0.538. The molecule has 1 N–H and O–H groups in total. The van der Waals surface area contributed by atoms with Gasteiger partial charge >= 0.3 is 0 Å². The summed E-state index contributed by atoms with van der Waals surface area (Å²) in [5, 5.41) is 25.5. The van der Waals surface area contributed by atoms with Gasteiger partial charge in [0.05, 0.1) is 17.6 Å². The molecule has 0 aliphatic carbocycles. The second-order valence-electron chi connectivity index (χ2n) is 4.38. The molecule has 0 saturated heterocycles. The first-order valence-electron chi connectivity index (χ1n) is 6.60. The van der Waals surface area contributed by atoms with Gasteiger partial charge in [0.25, 0.3) is 0 Å². The van der Waals surface area contributed by atoms with Crippen LogP contribution < -0.4 is 20.4 Å². The molecule has 118 valence electrons. The summed E-state index contributed by atoms with van der Waals surface area (Å²) in [6.45, 7) is -0.631. The molecule has 23 heavy (non-hydrogen) atoms. The van der Waals surface area contributed by atoms with Crippen LogP contribution in [0.5, 0.6) is 5.75 Å². The number of carbonyl (C=O) groups excluding carboxylic acids is 2. The van der Waals surface area contributed by atoms with Crippen LogP contribution in [0.2, 0.25) is 0 Å². The minimum absolute atomic E-state index is 0.200. The molecular weight excluding hydrogens is 300 g/mol. The Kier molecular flexibility index (Phi) is 5.30. The van der Waals surface area contributed by atoms with E-state index in [-0.39, 0.29) is 11.5 Å². The van der Waals surface area contributed by atoms with Crippen molar-refractivity contribution in [2.45, 2.75) is 0 Å². The highest BCUT2D eigenvalue weighted by Crippen LogP contribution is 2.23. The molecule has 0 aliphatic heterocycles. The van der Waals surface area contributed by atoms with Crippen LogP contribution in [-0.2, 0) is 9.59 Å². The number of benzene rings is 2. The summed E-state index contributed by atoms with van der Waals surface area (Å²) in [7, 11) is 0. The zero-order valence-corrected chi connectivity index (χ0v) is 11.9. The maximum atomic E-state index is 11.2. The maximum absolute atomic E-state index is 11.2. The number of carbonyl (C=O) groups is 2. The van der Waals surface area contributed by atoms with E-state index in [9.17, 15) is 19.8 Å². The van der Waals surface area contributed by atoms with Crippen molar-refractivity contribution >= 4 is 23.3 Å². The second-order valence-corrected chi connectivity index (χ2v) is 4.38. The van der Waals surface area contributed by atoms with Crippen molar-refractivity contribution in [1.82, 2.24) is 0 Å². The Morgan fingerprint density at radius 3 is 2.30 bits per heavy atom. The third-order valence-electron chi connectivity index (χ3n) is 2.76. The standard InChI is InChI=1S/C16H14N2O5/c19-14(20)10-23-13-9-5-4-8-12(13)17-18-15(16(21)22)11-6-2-1-3-7-11/h1-9,17H,10H2,(H,19,20)(H,21,22)/p-2/b18-15+. The number of carboxylic acid groups (broad SMARTS) is 2. The number of carboxylic acids is 2. The van der Waals surface area contributed by atoms with E-state index in [4.69, 9.17) is 4.74 Å². The summed E-state index contributed by atoms with van der Waals surface area (Å²) in [6.07, 6.45) is 0. The van der Waals surface area contributed by atoms with Crippen LogP contribution in [0.25, 0.3) is 0 Å². The van der Waals surface area contributed by atoms with Crippen LogP contribution >= 0.6 is 0 Å². The summed E-state index contributed by atoms with van der Waals surface area (Å²) in [5.41, 5.74) is 2.93. The predicted octanol–water partition coefficient (Wildman–Crippen LogP) is -0.619. The number of hydrogen-bond donors (Lipinski definition) is 1. The van der Waals surface area contributed by atoms with Crippen LogP contribution in [0.3, 0.4) is 0 Å². The molecule has 7 heteroatoms. The Morgan fingerprint density at radius 1 is 1.00 bits per heavy atom. The Morgan fingerprint density at radius 2 is 1.65 bits per heavy atom. The van der Waals surface area contributed by atoms with Gasteiger partial charge in [-0.05, 0) is 12.1 Å². The molecule has 0 aliphatic rings. The molecule has 2 rings (SSSR count). The smallest absolute Gasteiger partial charge is 0.144 e. The lowest BCUT2D eigenvalue weighted by atomic mass is 10.1. The van der Waals surface area contributed by atoms with Crippen molar-refractivity contribution in [3.63, 3.8) is 0 Å². The van der Waals surface area contributed by atoms with Crippen LogP contribution in [0.1, 0.15) is 5.56 Å². The number of nitrogens with one attached hydrogen (secondary N) is 1. The highest BCUT2D eigenvalue weighted by Gasteiger charge is 2.06. The van der Waals surface area contributed by atoms with Crippen LogP contribution in [-0.4, -0.2) is 24.3 Å². The molecule has 0 bridgehead atoms. The van der Waals surface area contributed by atoms with E-state index in [1.165, 1.54) is 6.07 Å². The molecule has 2 aromatic carbocycles. The number of rotatable bonds is 7. The van der Waals surface area contributed by atoms with Crippen molar-refractivity contribution in [3.8, 4) is 5.75 Å². The zero-order chi connectivity index (χ0) is 16.7. The first kappa shape index (κ1) is 16.0. The van der Waals surface area contributed by atoms with Gasteiger partial charge in [-0.3, -0.25) is 5.43 Å². The van der Waals surface area contributed by atoms with E-state index < -0.39 is 18.5 Å². The Bertz CT molecular complexity index is 728. The van der Waals surface area contributed by atoms with Gasteiger partial charge in [0.15, 0.2) is 0 Å². The molecule has 0 fully saturated rings. The van der Waals surface area contributed by atoms with E-state index in [1.54, 1.807) is 48.5 Å². The fourth-order valence-electron chi connectivity index (χ4n) is 1.76. The summed E-state index contributed by atoms with van der Waals surface area (Å²) in [4.78, 5) is 21.7. The van der Waals surface area contributed by atoms with E-state index in [1.807, 2.05) is 0 Å². The number of hydrogen-bond acceptors (Lipinski definition) is 7. The topological polar surface area (TPSA) is 114 Å². The molecule has 0 radical (unpaired) electrons. The van der Waals surface area contributed by atoms with Crippen LogP contribution in [0.15, 0.2) is 59.7 Å². The molecule has 0 amide bonds. The minimum Gasteiger partial charge on any atom is -0.546 e. The molecule has 7 nitrogen and oxygen atoms in total. The average Bonchev–Trinajstić information content (AvgIpc) is 2.54. The van der Waals surface area contributed by atoms with Crippen molar-refractivity contribution in [2.75, 3.05) is 12.0 Å². The fraction of sp³-hybridized carbons (Fsp3) is 0.0625. The summed E-state index contributed by atoms with van der Waals surface area (Å²) >= 11 is 0. The molecule has 0 atom stereocenters. The van der Waals surface area contributed by atoms with Gasteiger partial charge in [0.2, 0.25) is 0 Å². The third-order valence-corrected chi connectivity index (χ3v) is 2.76. The van der Waals surface area contributed by atoms with Gasteiger partial charge in [0, 0.05) is 5.56 Å². The number of anilines is 1. The SMILES string of the molecule is O=C([O-])COc1ccccc1N/N=C(/C(=O)[O-])c1ccccc1. The van der Waals surface area contributed by atoms with E-state index in [0.717, 1.165) is 0 Å². The third kappa shape index (κ3) is 4.57. The molecule has 0 aromatic heterocycles. The van der Waals surface area contributed by atoms with Gasteiger partial charge in [-0.15, -0.1) is 0 Å². The molecule has 0 heterocycles. The van der Waals surface area contributed by atoms with Crippen LogP contribution in [0, 0.1) is 0 Å². The molecular formula is C16H12N2O5-2. The van der Waals surface area contributed by atoms with Crippen LogP contribution in [0.4, 0.5) is 5.69 Å². The summed E-state index contributed by atoms with van der Waals surface area (Å²) in [6, 6.07) is 14.6. The first-order valence-corrected chi connectivity index (χ1v) is 6.60. The van der Waals surface area contributed by atoms with Crippen molar-refractivity contribution in [1.29, 1.82) is 0 Å². The Hall–Kier alpha value is -3.35. The van der Waals surface area contributed by atoms with Crippen molar-refractivity contribution in [3.05, 3.63) is 60.2 Å². The highest BCUT2D eigenvalue weighted by atomic mass is 16.5. The van der Waals surface area contributed by atoms with Gasteiger partial charge < -0.3 is 24.5 Å². The van der Waals surface area contributed by atoms with Crippen molar-refractivity contribution in [2.24, 2.45) is 5.10 Å². The molecule has 0 spiro atoms. The predicted molar refractivity (Wildman–Crippen MR) is 78.6 cm³/mol. The fourth-order valence-corrected chi connectivity index (χ4v) is 1.76. The lowest BCUT2D eigenvalue weighted by Crippen LogP contribution is -2.33. The Balaban J connectivity index is 2.23. The van der Waals surface area contributed by atoms with Gasteiger partial charge in [0.1, 0.15) is 18.1 Å². The number of para-hydroxylation sites is 2. The van der Waals surface area contributed by atoms with E-state index in [0.29, 0.717) is 11.3 Å². The monoisotopic (exact) mass is 312 g/mol. The highest BCUT2D eigenvalue weighted by molar-refractivity contribution is 6.41. The van der Waals surface area contributed by atoms with Crippen molar-refractivity contribution < 1.29 is 24.5 Å². The largest absolute Gasteiger partial charge is 0.546 e. The normalized spacial score (nSPS) is 10.9. The van der Waals surface area contributed by atoms with Gasteiger partial charge in [-0.2, -0.15) is 5.10 Å². The van der Waals surface area contributed by atoms with Gasteiger partial charge in [-0.25, -0.2) is 0 Å².